The number of carbonyl (C=O) groups is 2. The second-order valence-electron chi connectivity index (χ2n) is 4.85. The molecule has 1 aromatic carbocycles. The topological polar surface area (TPSA) is 55.8 Å². The summed E-state index contributed by atoms with van der Waals surface area (Å²) in [6, 6.07) is 3.76. The molecule has 0 radical (unpaired) electrons. The second kappa shape index (κ2) is 7.47. The molecular weight excluding hydrogens is 270 g/mol. The molecular formula is C16H21NO4. The Morgan fingerprint density at radius 2 is 1.90 bits per heavy atom. The number of rotatable bonds is 4. The lowest BCUT2D eigenvalue weighted by molar-refractivity contribution is -0.137. The van der Waals surface area contributed by atoms with Crippen molar-refractivity contribution in [1.29, 1.82) is 0 Å². The van der Waals surface area contributed by atoms with E-state index in [1.54, 1.807) is 27.1 Å². The molecule has 0 atom stereocenters. The van der Waals surface area contributed by atoms with E-state index in [2.05, 4.69) is 0 Å². The van der Waals surface area contributed by atoms with Crippen molar-refractivity contribution in [1.82, 2.24) is 4.90 Å². The highest BCUT2D eigenvalue weighted by Crippen LogP contribution is 2.27. The first-order valence-corrected chi connectivity index (χ1v) is 6.70. The van der Waals surface area contributed by atoms with Crippen molar-refractivity contribution in [2.45, 2.75) is 20.8 Å². The summed E-state index contributed by atoms with van der Waals surface area (Å²) < 4.78 is 10.2. The number of nitrogens with zero attached hydrogens (tertiary/aromatic N) is 1. The Morgan fingerprint density at radius 3 is 2.48 bits per heavy atom. The van der Waals surface area contributed by atoms with Crippen molar-refractivity contribution in [2.75, 3.05) is 20.7 Å². The number of hydrogen-bond donors (Lipinski definition) is 0. The van der Waals surface area contributed by atoms with Gasteiger partial charge < -0.3 is 14.4 Å². The van der Waals surface area contributed by atoms with Crippen molar-refractivity contribution in [3.05, 3.63) is 34.9 Å². The van der Waals surface area contributed by atoms with Gasteiger partial charge in [0.05, 0.1) is 6.61 Å². The molecule has 0 aliphatic rings. The zero-order valence-electron chi connectivity index (χ0n) is 13.1. The first kappa shape index (κ1) is 16.8. The highest BCUT2D eigenvalue weighted by Gasteiger charge is 2.13. The quantitative estimate of drug-likeness (QED) is 0.632. The zero-order chi connectivity index (χ0) is 16.0. The lowest BCUT2D eigenvalue weighted by Crippen LogP contribution is -2.25. The van der Waals surface area contributed by atoms with E-state index >= 15 is 0 Å². The molecule has 0 unspecified atom stereocenters. The SMILES string of the molecule is CCOC(=O)/C=C/c1cc(C)cc(C)c1OC(=O)N(C)C. The predicted octanol–water partition coefficient (Wildman–Crippen LogP) is 2.94. The Morgan fingerprint density at radius 1 is 1.24 bits per heavy atom. The van der Waals surface area contributed by atoms with Gasteiger partial charge in [-0.05, 0) is 38.5 Å². The van der Waals surface area contributed by atoms with Crippen LogP contribution < -0.4 is 4.74 Å². The number of carbonyl (C=O) groups excluding carboxylic acids is 2. The van der Waals surface area contributed by atoms with Crippen molar-refractivity contribution < 1.29 is 19.1 Å². The Bertz CT molecular complexity index is 562. The number of benzene rings is 1. The summed E-state index contributed by atoms with van der Waals surface area (Å²) in [5.41, 5.74) is 2.50. The number of hydrogen-bond acceptors (Lipinski definition) is 4. The van der Waals surface area contributed by atoms with Crippen LogP contribution in [0.15, 0.2) is 18.2 Å². The van der Waals surface area contributed by atoms with Crippen LogP contribution in [0, 0.1) is 13.8 Å². The van der Waals surface area contributed by atoms with Crippen LogP contribution in [0.2, 0.25) is 0 Å². The third-order valence-electron chi connectivity index (χ3n) is 2.69. The van der Waals surface area contributed by atoms with Gasteiger partial charge in [-0.15, -0.1) is 0 Å². The van der Waals surface area contributed by atoms with Crippen molar-refractivity contribution >= 4 is 18.1 Å². The third kappa shape index (κ3) is 4.95. The third-order valence-corrected chi connectivity index (χ3v) is 2.69. The molecule has 0 fully saturated rings. The smallest absolute Gasteiger partial charge is 0.414 e. The molecule has 1 amide bonds. The molecule has 0 saturated heterocycles. The first-order valence-electron chi connectivity index (χ1n) is 6.70. The Kier molecular flexibility index (Phi) is 5.96. The van der Waals surface area contributed by atoms with E-state index in [1.165, 1.54) is 11.0 Å². The van der Waals surface area contributed by atoms with Gasteiger partial charge in [0.1, 0.15) is 5.75 Å². The molecule has 5 heteroatoms. The molecule has 0 aromatic heterocycles. The predicted molar refractivity (Wildman–Crippen MR) is 81.3 cm³/mol. The van der Waals surface area contributed by atoms with Gasteiger partial charge in [0, 0.05) is 25.7 Å². The van der Waals surface area contributed by atoms with Crippen molar-refractivity contribution in [2.24, 2.45) is 0 Å². The molecule has 5 nitrogen and oxygen atoms in total. The maximum absolute atomic E-state index is 11.7. The molecule has 0 saturated carbocycles. The van der Waals surface area contributed by atoms with Gasteiger partial charge in [0.25, 0.3) is 0 Å². The van der Waals surface area contributed by atoms with Gasteiger partial charge >= 0.3 is 12.1 Å². The van der Waals surface area contributed by atoms with Gasteiger partial charge in [0.2, 0.25) is 0 Å². The Balaban J connectivity index is 3.11. The highest BCUT2D eigenvalue weighted by molar-refractivity contribution is 5.88. The largest absolute Gasteiger partial charge is 0.463 e. The minimum atomic E-state index is -0.465. The van der Waals surface area contributed by atoms with Crippen molar-refractivity contribution in [3.8, 4) is 5.75 Å². The van der Waals surface area contributed by atoms with E-state index in [9.17, 15) is 9.59 Å². The molecule has 0 aliphatic heterocycles. The molecule has 0 aliphatic carbocycles. The molecule has 0 N–H and O–H groups in total. The van der Waals surface area contributed by atoms with Gasteiger partial charge in [-0.3, -0.25) is 0 Å². The number of esters is 1. The molecule has 21 heavy (non-hydrogen) atoms. The minimum absolute atomic E-state index is 0.318. The first-order chi connectivity index (χ1) is 9.85. The summed E-state index contributed by atoms with van der Waals surface area (Å²) in [6.45, 7) is 5.85. The summed E-state index contributed by atoms with van der Waals surface area (Å²) in [6.07, 6.45) is 2.45. The second-order valence-corrected chi connectivity index (χ2v) is 4.85. The average Bonchev–Trinajstić information content (AvgIpc) is 2.39. The molecule has 114 valence electrons. The summed E-state index contributed by atoms with van der Waals surface area (Å²) in [5, 5.41) is 0. The van der Waals surface area contributed by atoms with Gasteiger partial charge in [-0.25, -0.2) is 9.59 Å². The van der Waals surface area contributed by atoms with E-state index in [4.69, 9.17) is 9.47 Å². The van der Waals surface area contributed by atoms with E-state index in [1.807, 2.05) is 26.0 Å². The van der Waals surface area contributed by atoms with Crippen LogP contribution in [0.1, 0.15) is 23.6 Å². The van der Waals surface area contributed by atoms with Crippen LogP contribution >= 0.6 is 0 Å². The van der Waals surface area contributed by atoms with Gasteiger partial charge in [-0.1, -0.05) is 11.6 Å². The van der Waals surface area contributed by atoms with Crippen LogP contribution in [0.5, 0.6) is 5.75 Å². The van der Waals surface area contributed by atoms with Crippen LogP contribution in [0.25, 0.3) is 6.08 Å². The van der Waals surface area contributed by atoms with E-state index in [-0.39, 0.29) is 0 Å². The number of amides is 1. The minimum Gasteiger partial charge on any atom is -0.463 e. The molecule has 1 rings (SSSR count). The van der Waals surface area contributed by atoms with Crippen LogP contribution in [0.3, 0.4) is 0 Å². The summed E-state index contributed by atoms with van der Waals surface area (Å²) in [7, 11) is 3.22. The highest BCUT2D eigenvalue weighted by atomic mass is 16.6. The lowest BCUT2D eigenvalue weighted by atomic mass is 10.1. The Labute approximate surface area is 125 Å². The molecule has 0 heterocycles. The fourth-order valence-electron chi connectivity index (χ4n) is 1.78. The van der Waals surface area contributed by atoms with E-state index in [0.717, 1.165) is 11.1 Å². The summed E-state index contributed by atoms with van der Waals surface area (Å²) in [4.78, 5) is 24.5. The summed E-state index contributed by atoms with van der Waals surface area (Å²) in [5.74, 6) is 0.0152. The number of aryl methyl sites for hydroxylation is 2. The number of ether oxygens (including phenoxy) is 2. The average molecular weight is 291 g/mol. The fourth-order valence-corrected chi connectivity index (χ4v) is 1.78. The molecule has 0 spiro atoms. The van der Waals surface area contributed by atoms with Gasteiger partial charge in [0.15, 0.2) is 0 Å². The fraction of sp³-hybridized carbons (Fsp3) is 0.375. The molecule has 0 bridgehead atoms. The summed E-state index contributed by atoms with van der Waals surface area (Å²) >= 11 is 0. The lowest BCUT2D eigenvalue weighted by Gasteiger charge is -2.15. The van der Waals surface area contributed by atoms with Crippen LogP contribution in [-0.2, 0) is 9.53 Å². The maximum Gasteiger partial charge on any atom is 0.414 e. The normalized spacial score (nSPS) is 10.5. The van der Waals surface area contributed by atoms with Crippen molar-refractivity contribution in [3.63, 3.8) is 0 Å². The van der Waals surface area contributed by atoms with Crippen LogP contribution in [-0.4, -0.2) is 37.7 Å². The van der Waals surface area contributed by atoms with E-state index in [0.29, 0.717) is 17.9 Å². The van der Waals surface area contributed by atoms with Gasteiger partial charge in [-0.2, -0.15) is 0 Å². The standard InChI is InChI=1S/C16H21NO4/c1-6-20-14(18)8-7-13-10-11(2)9-12(3)15(13)21-16(19)17(4)5/h7-10H,6H2,1-5H3/b8-7+. The Hall–Kier alpha value is -2.30. The maximum atomic E-state index is 11.7. The van der Waals surface area contributed by atoms with Crippen LogP contribution in [0.4, 0.5) is 4.79 Å². The zero-order valence-corrected chi connectivity index (χ0v) is 13.1. The molecule has 1 aromatic rings. The monoisotopic (exact) mass is 291 g/mol. The van der Waals surface area contributed by atoms with E-state index < -0.39 is 12.1 Å².